The molecular weight excluding hydrogens is 245 g/mol. The van der Waals surface area contributed by atoms with Crippen molar-refractivity contribution >= 4 is 22.6 Å². The zero-order chi connectivity index (χ0) is 6.97. The van der Waals surface area contributed by atoms with Gasteiger partial charge in [0.2, 0.25) is 3.83 Å². The summed E-state index contributed by atoms with van der Waals surface area (Å²) in [5.41, 5.74) is 0. The number of hydrogen-bond acceptors (Lipinski definition) is 3. The first-order valence-corrected chi connectivity index (χ1v) is 4.11. The number of hydrogen-bond donors (Lipinski definition) is 0. The molecule has 0 radical (unpaired) electrons. The Hall–Kier alpha value is -0.170. The molecule has 0 bridgehead atoms. The van der Waals surface area contributed by atoms with E-state index in [0.29, 0.717) is 6.61 Å². The second-order valence-electron chi connectivity index (χ2n) is 2.07. The maximum absolute atomic E-state index is 5.18. The first-order chi connectivity index (χ1) is 4.86. The highest BCUT2D eigenvalue weighted by Crippen LogP contribution is 2.06. The normalized spacial score (nSPS) is 16.9. The third-order valence-electron chi connectivity index (χ3n) is 1.40. The minimum absolute atomic E-state index is 0.607. The number of aromatic nitrogens is 3. The second kappa shape index (κ2) is 2.46. The summed E-state index contributed by atoms with van der Waals surface area (Å²) >= 11 is 2.10. The molecule has 0 atom stereocenters. The van der Waals surface area contributed by atoms with E-state index < -0.39 is 0 Å². The summed E-state index contributed by atoms with van der Waals surface area (Å²) in [5, 5.41) is 4.16. The van der Waals surface area contributed by atoms with Crippen molar-refractivity contribution in [1.29, 1.82) is 0 Å². The van der Waals surface area contributed by atoms with Crippen molar-refractivity contribution in [2.45, 2.75) is 13.2 Å². The van der Waals surface area contributed by atoms with Crippen LogP contribution in [0.25, 0.3) is 0 Å². The largest absolute Gasteiger partial charge is 0.372 e. The molecule has 0 amide bonds. The van der Waals surface area contributed by atoms with E-state index in [9.17, 15) is 0 Å². The fourth-order valence-electron chi connectivity index (χ4n) is 0.944. The zero-order valence-electron chi connectivity index (χ0n) is 5.25. The van der Waals surface area contributed by atoms with Crippen LogP contribution >= 0.6 is 22.6 Å². The van der Waals surface area contributed by atoms with E-state index in [1.807, 2.05) is 4.68 Å². The maximum atomic E-state index is 5.18. The number of nitrogens with zero attached hydrogens (tertiary/aromatic N) is 3. The van der Waals surface area contributed by atoms with Gasteiger partial charge < -0.3 is 4.74 Å². The highest BCUT2D eigenvalue weighted by atomic mass is 127. The highest BCUT2D eigenvalue weighted by Gasteiger charge is 2.11. The Kier molecular flexibility index (Phi) is 1.61. The predicted octanol–water partition coefficient (Wildman–Crippen LogP) is 0.413. The highest BCUT2D eigenvalue weighted by molar-refractivity contribution is 14.1. The Labute approximate surface area is 71.7 Å². The Balaban J connectivity index is 2.41. The molecule has 1 aromatic rings. The summed E-state index contributed by atoms with van der Waals surface area (Å²) in [5.74, 6) is 0.940. The van der Waals surface area contributed by atoms with Gasteiger partial charge in [0, 0.05) is 22.6 Å². The molecule has 4 nitrogen and oxygen atoms in total. The second-order valence-corrected chi connectivity index (χ2v) is 3.04. The molecule has 5 heteroatoms. The molecule has 0 spiro atoms. The molecule has 0 saturated heterocycles. The molecule has 0 aliphatic carbocycles. The predicted molar refractivity (Wildman–Crippen MR) is 42.4 cm³/mol. The van der Waals surface area contributed by atoms with Gasteiger partial charge in [-0.3, -0.25) is 0 Å². The first-order valence-electron chi connectivity index (χ1n) is 3.03. The van der Waals surface area contributed by atoms with Crippen LogP contribution < -0.4 is 0 Å². The molecule has 0 saturated carbocycles. The summed E-state index contributed by atoms with van der Waals surface area (Å²) in [6, 6.07) is 0. The number of fused-ring (bicyclic) bond motifs is 1. The van der Waals surface area contributed by atoms with Crippen molar-refractivity contribution in [3.8, 4) is 0 Å². The van der Waals surface area contributed by atoms with Crippen LogP contribution in [0, 0.1) is 3.83 Å². The lowest BCUT2D eigenvalue weighted by Crippen LogP contribution is -2.17. The van der Waals surface area contributed by atoms with Crippen LogP contribution in [0.5, 0.6) is 0 Å². The lowest BCUT2D eigenvalue weighted by Gasteiger charge is -2.11. The number of rotatable bonds is 0. The third-order valence-corrected chi connectivity index (χ3v) is 1.86. The summed E-state index contributed by atoms with van der Waals surface area (Å²) in [4.78, 5) is 4.16. The zero-order valence-corrected chi connectivity index (χ0v) is 7.41. The Morgan fingerprint density at radius 1 is 1.60 bits per heavy atom. The fourth-order valence-corrected chi connectivity index (χ4v) is 1.48. The van der Waals surface area contributed by atoms with Gasteiger partial charge in [-0.2, -0.15) is 0 Å². The molecular formula is C5H6IN3O. The van der Waals surface area contributed by atoms with Crippen molar-refractivity contribution in [2.75, 3.05) is 6.61 Å². The van der Waals surface area contributed by atoms with E-state index in [2.05, 4.69) is 32.7 Å². The van der Waals surface area contributed by atoms with Gasteiger partial charge in [-0.15, -0.1) is 5.10 Å². The molecule has 0 aromatic carbocycles. The smallest absolute Gasteiger partial charge is 0.211 e. The van der Waals surface area contributed by atoms with Gasteiger partial charge in [-0.1, -0.05) is 0 Å². The molecule has 54 valence electrons. The third kappa shape index (κ3) is 1.03. The molecule has 2 heterocycles. The first kappa shape index (κ1) is 6.53. The monoisotopic (exact) mass is 251 g/mol. The lowest BCUT2D eigenvalue weighted by atomic mass is 10.5. The van der Waals surface area contributed by atoms with Crippen LogP contribution in [0.2, 0.25) is 0 Å². The van der Waals surface area contributed by atoms with E-state index >= 15 is 0 Å². The van der Waals surface area contributed by atoms with Crippen molar-refractivity contribution < 1.29 is 4.74 Å². The van der Waals surface area contributed by atoms with Crippen LogP contribution in [0.4, 0.5) is 0 Å². The average Bonchev–Trinajstić information content (AvgIpc) is 2.27. The van der Waals surface area contributed by atoms with Gasteiger partial charge >= 0.3 is 0 Å². The van der Waals surface area contributed by atoms with Crippen molar-refractivity contribution in [3.63, 3.8) is 0 Å². The molecule has 0 N–H and O–H groups in total. The van der Waals surface area contributed by atoms with Crippen molar-refractivity contribution in [2.24, 2.45) is 0 Å². The molecule has 2 rings (SSSR count). The van der Waals surface area contributed by atoms with Crippen LogP contribution in [0.1, 0.15) is 5.82 Å². The standard InChI is InChI=1S/C5H6IN3O/c6-5-7-4-3-10-2-1-9(4)8-5/h1-3H2. The quantitative estimate of drug-likeness (QED) is 0.627. The van der Waals surface area contributed by atoms with E-state index in [1.165, 1.54) is 0 Å². The van der Waals surface area contributed by atoms with Gasteiger partial charge in [0.05, 0.1) is 13.2 Å². The Morgan fingerprint density at radius 2 is 2.50 bits per heavy atom. The summed E-state index contributed by atoms with van der Waals surface area (Å²) in [6.07, 6.45) is 0. The molecule has 10 heavy (non-hydrogen) atoms. The molecule has 1 aliphatic rings. The van der Waals surface area contributed by atoms with Crippen LogP contribution in [0.3, 0.4) is 0 Å². The van der Waals surface area contributed by atoms with Crippen LogP contribution in [0.15, 0.2) is 0 Å². The molecule has 0 fully saturated rings. The maximum Gasteiger partial charge on any atom is 0.211 e. The van der Waals surface area contributed by atoms with E-state index in [0.717, 1.165) is 22.8 Å². The Bertz CT molecular complexity index is 224. The summed E-state index contributed by atoms with van der Waals surface area (Å²) < 4.78 is 7.88. The van der Waals surface area contributed by atoms with E-state index in [4.69, 9.17) is 4.74 Å². The SMILES string of the molecule is Ic1nc2n(n1)CCOC2. The van der Waals surface area contributed by atoms with Gasteiger partial charge in [-0.25, -0.2) is 9.67 Å². The number of ether oxygens (including phenoxy) is 1. The van der Waals surface area contributed by atoms with Gasteiger partial charge in [-0.05, 0) is 0 Å². The van der Waals surface area contributed by atoms with Crippen molar-refractivity contribution in [1.82, 2.24) is 14.8 Å². The van der Waals surface area contributed by atoms with Gasteiger partial charge in [0.1, 0.15) is 6.61 Å². The van der Waals surface area contributed by atoms with Crippen molar-refractivity contribution in [3.05, 3.63) is 9.66 Å². The van der Waals surface area contributed by atoms with E-state index in [-0.39, 0.29) is 0 Å². The van der Waals surface area contributed by atoms with Crippen LogP contribution in [-0.4, -0.2) is 21.4 Å². The minimum Gasteiger partial charge on any atom is -0.372 e. The summed E-state index contributed by atoms with van der Waals surface area (Å²) in [7, 11) is 0. The molecule has 1 aromatic heterocycles. The van der Waals surface area contributed by atoms with Gasteiger partial charge in [0.15, 0.2) is 5.82 Å². The lowest BCUT2D eigenvalue weighted by molar-refractivity contribution is 0.0769. The van der Waals surface area contributed by atoms with Gasteiger partial charge in [0.25, 0.3) is 0 Å². The average molecular weight is 251 g/mol. The Morgan fingerprint density at radius 3 is 3.30 bits per heavy atom. The number of halogens is 1. The topological polar surface area (TPSA) is 39.9 Å². The fraction of sp³-hybridized carbons (Fsp3) is 0.600. The molecule has 1 aliphatic heterocycles. The summed E-state index contributed by atoms with van der Waals surface area (Å²) in [6.45, 7) is 2.20. The van der Waals surface area contributed by atoms with E-state index in [1.54, 1.807) is 0 Å². The van der Waals surface area contributed by atoms with Crippen LogP contribution in [-0.2, 0) is 17.9 Å². The minimum atomic E-state index is 0.607. The molecule has 0 unspecified atom stereocenters.